The Balaban J connectivity index is 1.26. The number of nitrogens with zero attached hydrogens (tertiary/aromatic N) is 4. The quantitative estimate of drug-likeness (QED) is 0.0573. The van der Waals surface area contributed by atoms with Crippen LogP contribution in [0.3, 0.4) is 0 Å². The van der Waals surface area contributed by atoms with Crippen molar-refractivity contribution in [2.24, 2.45) is 24.8 Å². The monoisotopic (exact) mass is 1130 g/mol. The van der Waals surface area contributed by atoms with Crippen LogP contribution in [-0.4, -0.2) is 181 Å². The first-order chi connectivity index (χ1) is 37.2. The van der Waals surface area contributed by atoms with E-state index in [1.807, 2.05) is 50.8 Å². The normalized spacial score (nSPS) is 36.6. The molecule has 3 aliphatic heterocycles. The predicted molar refractivity (Wildman–Crippen MR) is 308 cm³/mol. The van der Waals surface area contributed by atoms with Crippen molar-refractivity contribution in [1.82, 2.24) is 19.6 Å². The first-order valence-electron chi connectivity index (χ1n) is 29.0. The zero-order chi connectivity index (χ0) is 58.2. The number of aliphatic hydroxyl groups is 5. The third-order valence-corrected chi connectivity index (χ3v) is 22.1. The molecule has 444 valence electrons. The van der Waals surface area contributed by atoms with E-state index in [1.54, 1.807) is 53.4 Å². The molecule has 0 bridgehead atoms. The molecule has 18 heteroatoms. The van der Waals surface area contributed by atoms with E-state index in [-0.39, 0.29) is 50.3 Å². The van der Waals surface area contributed by atoms with Gasteiger partial charge in [0.05, 0.1) is 66.1 Å². The number of unbranched alkanes of at least 4 members (excludes halogenated alkanes) is 4. The van der Waals surface area contributed by atoms with Gasteiger partial charge >= 0.3 is 5.97 Å². The van der Waals surface area contributed by atoms with Crippen molar-refractivity contribution in [3.05, 3.63) is 73.1 Å². The number of benzene rings is 2. The Hall–Kier alpha value is -3.42. The standard InChI is InChI=1S/C61H98N4O13P/c1-15-49-61(10,72)54(68)43(6)65(50(66)31-25-17-16-18-26-32-79(45-27-21-19-22-28-45,46-29-23-20-24-30-46)47-36-62-64(13)38-47)37-39(2)34-59(8,71)56(78-58-52(67)48(63(11)12)33-40(3)74-58)41(4)53(42(5)57(70)76-49)77-51-35-60(9,73-14)55(69)44(7)75-51/h19-24,27-30,36,38-44,48-49,51-56,58,67-69,71-72H,15-18,25-26,31-35,37H2,1-14H3/q+1/t39-,40-,41+,42-,43-,44+,48+,49-,51+,52-,53+,54-,55+,56-,58+,59-,60-,61-/m1/s1. The van der Waals surface area contributed by atoms with Gasteiger partial charge in [0.25, 0.3) is 0 Å². The number of hydrogen-bond donors (Lipinski definition) is 5. The summed E-state index contributed by atoms with van der Waals surface area (Å²) in [6, 6.07) is 20.3. The molecule has 0 saturated carbocycles. The molecular weight excluding hydrogens is 1030 g/mol. The molecule has 3 saturated heterocycles. The molecule has 1 amide bonds. The van der Waals surface area contributed by atoms with E-state index in [4.69, 9.17) is 28.4 Å². The first kappa shape index (κ1) is 64.7. The van der Waals surface area contributed by atoms with Crippen molar-refractivity contribution in [3.8, 4) is 0 Å². The van der Waals surface area contributed by atoms with Crippen LogP contribution in [0, 0.1) is 17.8 Å². The zero-order valence-corrected chi connectivity index (χ0v) is 50.7. The minimum Gasteiger partial charge on any atom is -0.459 e. The molecule has 3 aliphatic rings. The Kier molecular flexibility index (Phi) is 22.8. The molecular formula is C61H98N4O13P+. The van der Waals surface area contributed by atoms with Gasteiger partial charge in [-0.3, -0.25) is 14.3 Å². The van der Waals surface area contributed by atoms with Crippen LogP contribution < -0.4 is 15.9 Å². The van der Waals surface area contributed by atoms with Crippen molar-refractivity contribution < 1.29 is 63.5 Å². The fourth-order valence-corrected chi connectivity index (χ4v) is 17.3. The molecule has 5 N–H and O–H groups in total. The van der Waals surface area contributed by atoms with Crippen LogP contribution in [0.4, 0.5) is 0 Å². The second-order valence-corrected chi connectivity index (χ2v) is 28.0. The summed E-state index contributed by atoms with van der Waals surface area (Å²) in [5.74, 6) is -3.34. The van der Waals surface area contributed by atoms with Gasteiger partial charge in [0.2, 0.25) is 5.91 Å². The average molecular weight is 1130 g/mol. The van der Waals surface area contributed by atoms with Crippen molar-refractivity contribution in [2.75, 3.05) is 33.9 Å². The number of aliphatic hydroxyl groups excluding tert-OH is 3. The molecule has 0 aliphatic carbocycles. The highest BCUT2D eigenvalue weighted by molar-refractivity contribution is 7.95. The van der Waals surface area contributed by atoms with Gasteiger partial charge in [0.15, 0.2) is 12.6 Å². The number of esters is 1. The van der Waals surface area contributed by atoms with E-state index in [0.29, 0.717) is 12.8 Å². The van der Waals surface area contributed by atoms with Crippen LogP contribution in [0.15, 0.2) is 73.1 Å². The second kappa shape index (κ2) is 27.8. The smallest absolute Gasteiger partial charge is 0.311 e. The summed E-state index contributed by atoms with van der Waals surface area (Å²) in [4.78, 5) is 33.0. The van der Waals surface area contributed by atoms with Crippen LogP contribution in [0.1, 0.15) is 133 Å². The van der Waals surface area contributed by atoms with Crippen molar-refractivity contribution >= 4 is 35.1 Å². The Labute approximate surface area is 472 Å². The van der Waals surface area contributed by atoms with Crippen molar-refractivity contribution in [1.29, 1.82) is 0 Å². The predicted octanol–water partition coefficient (Wildman–Crippen LogP) is 5.87. The number of rotatable bonds is 18. The molecule has 6 rings (SSSR count). The van der Waals surface area contributed by atoms with Gasteiger partial charge in [-0.1, -0.05) is 70.0 Å². The van der Waals surface area contributed by atoms with E-state index >= 15 is 0 Å². The minimum atomic E-state index is -2.03. The van der Waals surface area contributed by atoms with Gasteiger partial charge < -0.3 is 63.8 Å². The molecule has 18 atom stereocenters. The fourth-order valence-electron chi connectivity index (χ4n) is 12.9. The maximum atomic E-state index is 14.7. The minimum absolute atomic E-state index is 0.0592. The first-order valence-corrected chi connectivity index (χ1v) is 31.0. The average Bonchev–Trinajstić information content (AvgIpc) is 3.96. The van der Waals surface area contributed by atoms with Crippen LogP contribution in [0.2, 0.25) is 0 Å². The van der Waals surface area contributed by atoms with E-state index in [9.17, 15) is 35.1 Å². The number of likely N-dealkylation sites (N-methyl/N-ethyl adjacent to an activating group) is 1. The van der Waals surface area contributed by atoms with Crippen LogP contribution in [0.5, 0.6) is 0 Å². The molecule has 3 fully saturated rings. The number of ether oxygens (including phenoxy) is 6. The summed E-state index contributed by atoms with van der Waals surface area (Å²) in [6.45, 7) is 17.4. The van der Waals surface area contributed by atoms with E-state index in [1.165, 1.54) is 29.9 Å². The lowest BCUT2D eigenvalue weighted by molar-refractivity contribution is -0.318. The SMILES string of the molecule is CC[C@H]1OC(=O)[C@H](C)[C@@H](O[C@H]2C[C@@](C)(OC)[C@@H](O)[C@H](C)O2)[C@H](C)[C@@H](O[C@@H]2O[C@H](C)C[C@H](N(C)C)[C@H]2O)[C@](C)(O)C[C@@H](C)CN(C(=O)CCCCCCC[P+](c2ccccc2)(c2ccccc2)c2cnn(C)c2)[C@H](C)[C@@H](O)[C@]1(C)O. The number of aromatic nitrogens is 2. The molecule has 0 unspecified atom stereocenters. The van der Waals surface area contributed by atoms with Crippen molar-refractivity contribution in [2.45, 2.75) is 224 Å². The molecule has 4 heterocycles. The number of hydrogen-bond acceptors (Lipinski definition) is 15. The number of cyclic esters (lactones) is 1. The summed E-state index contributed by atoms with van der Waals surface area (Å²) >= 11 is 0. The van der Waals surface area contributed by atoms with E-state index in [0.717, 1.165) is 31.8 Å². The summed E-state index contributed by atoms with van der Waals surface area (Å²) in [5.41, 5.74) is -4.83. The Bertz CT molecular complexity index is 2320. The lowest BCUT2D eigenvalue weighted by atomic mass is 9.77. The molecule has 17 nitrogen and oxygen atoms in total. The third kappa shape index (κ3) is 15.0. The second-order valence-electron chi connectivity index (χ2n) is 24.4. The topological polar surface area (TPSA) is 215 Å². The van der Waals surface area contributed by atoms with Gasteiger partial charge in [-0.25, -0.2) is 0 Å². The summed E-state index contributed by atoms with van der Waals surface area (Å²) in [6.07, 6.45) is -0.00993. The van der Waals surface area contributed by atoms with Gasteiger partial charge in [-0.2, -0.15) is 5.10 Å². The highest BCUT2D eigenvalue weighted by atomic mass is 31.2. The lowest BCUT2D eigenvalue weighted by Crippen LogP contribution is -2.60. The van der Waals surface area contributed by atoms with Gasteiger partial charge in [0.1, 0.15) is 53.2 Å². The highest BCUT2D eigenvalue weighted by Gasteiger charge is 2.53. The van der Waals surface area contributed by atoms with Gasteiger partial charge in [0, 0.05) is 45.5 Å². The summed E-state index contributed by atoms with van der Waals surface area (Å²) in [5, 5.41) is 69.1. The van der Waals surface area contributed by atoms with Crippen LogP contribution in [-0.2, 0) is 45.1 Å². The molecule has 0 radical (unpaired) electrons. The molecule has 79 heavy (non-hydrogen) atoms. The number of methoxy groups -OCH3 is 1. The highest BCUT2D eigenvalue weighted by Crippen LogP contribution is 2.56. The van der Waals surface area contributed by atoms with E-state index < -0.39 is 109 Å². The number of carbonyl (C=O) groups excluding carboxylic acids is 2. The van der Waals surface area contributed by atoms with Gasteiger partial charge in [-0.05, 0) is 131 Å². The number of aryl methyl sites for hydroxylation is 1. The molecule has 0 spiro atoms. The molecule has 1 aromatic heterocycles. The number of amides is 1. The van der Waals surface area contributed by atoms with Crippen LogP contribution in [0.25, 0.3) is 0 Å². The Morgan fingerprint density at radius 2 is 1.44 bits per heavy atom. The maximum Gasteiger partial charge on any atom is 0.311 e. The Morgan fingerprint density at radius 3 is 2.01 bits per heavy atom. The van der Waals surface area contributed by atoms with Crippen LogP contribution >= 0.6 is 7.26 Å². The largest absolute Gasteiger partial charge is 0.459 e. The third-order valence-electron chi connectivity index (χ3n) is 17.6. The van der Waals surface area contributed by atoms with Crippen molar-refractivity contribution in [3.63, 3.8) is 0 Å². The van der Waals surface area contributed by atoms with Gasteiger partial charge in [-0.15, -0.1) is 0 Å². The summed E-state index contributed by atoms with van der Waals surface area (Å²) < 4.78 is 40.2. The molecule has 3 aromatic rings. The molecule has 2 aromatic carbocycles. The van der Waals surface area contributed by atoms with E-state index in [2.05, 4.69) is 72.0 Å². The summed E-state index contributed by atoms with van der Waals surface area (Å²) in [7, 11) is 5.18. The lowest BCUT2D eigenvalue weighted by Gasteiger charge is -2.48. The zero-order valence-electron chi connectivity index (χ0n) is 49.8. The number of carbonyl (C=O) groups is 2. The Morgan fingerprint density at radius 1 is 0.835 bits per heavy atom. The fraction of sp³-hybridized carbons (Fsp3) is 0.721. The maximum absolute atomic E-state index is 14.7.